The van der Waals surface area contributed by atoms with E-state index >= 15 is 0 Å². The van der Waals surface area contributed by atoms with Gasteiger partial charge in [0.05, 0.1) is 5.52 Å². The molecule has 5 heteroatoms. The number of imidazole rings is 1. The van der Waals surface area contributed by atoms with Crippen LogP contribution in [0.2, 0.25) is 5.22 Å². The quantitative estimate of drug-likeness (QED) is 0.670. The van der Waals surface area contributed by atoms with E-state index in [4.69, 9.17) is 16.0 Å². The number of hydrogen-bond acceptors (Lipinski definition) is 2. The third-order valence-corrected chi connectivity index (χ3v) is 3.37. The molecule has 0 aliphatic rings. The number of furan rings is 1. The lowest BCUT2D eigenvalue weighted by Gasteiger charge is -2.00. The average molecular weight is 312 g/mol. The highest BCUT2D eigenvalue weighted by Gasteiger charge is 2.14. The molecule has 0 aromatic carbocycles. The Morgan fingerprint density at radius 1 is 1.35 bits per heavy atom. The van der Waals surface area contributed by atoms with Crippen molar-refractivity contribution in [3.8, 4) is 11.6 Å². The van der Waals surface area contributed by atoms with E-state index in [9.17, 15) is 0 Å². The third kappa shape index (κ3) is 1.68. The van der Waals surface area contributed by atoms with E-state index in [-0.39, 0.29) is 0 Å². The Hall–Kier alpha value is -1.26. The molecule has 0 aliphatic carbocycles. The maximum Gasteiger partial charge on any atom is 0.194 e. The molecule has 0 N–H and O–H groups in total. The molecule has 0 bridgehead atoms. The van der Waals surface area contributed by atoms with E-state index < -0.39 is 0 Å². The molecule has 17 heavy (non-hydrogen) atoms. The highest BCUT2D eigenvalue weighted by Crippen LogP contribution is 2.29. The van der Waals surface area contributed by atoms with Crippen molar-refractivity contribution in [3.63, 3.8) is 0 Å². The van der Waals surface area contributed by atoms with Gasteiger partial charge in [-0.05, 0) is 58.2 Å². The molecule has 3 heterocycles. The van der Waals surface area contributed by atoms with Gasteiger partial charge in [0.2, 0.25) is 0 Å². The fraction of sp³-hybridized carbons (Fsp3) is 0.0833. The molecule has 0 saturated carbocycles. The van der Waals surface area contributed by atoms with Gasteiger partial charge in [0, 0.05) is 6.20 Å². The van der Waals surface area contributed by atoms with E-state index in [2.05, 4.69) is 20.9 Å². The van der Waals surface area contributed by atoms with Crippen molar-refractivity contribution in [2.45, 2.75) is 6.92 Å². The van der Waals surface area contributed by atoms with Gasteiger partial charge in [-0.25, -0.2) is 4.98 Å². The highest BCUT2D eigenvalue weighted by molar-refractivity contribution is 9.10. The third-order valence-electron chi connectivity index (χ3n) is 2.62. The van der Waals surface area contributed by atoms with Gasteiger partial charge in [-0.3, -0.25) is 4.40 Å². The fourth-order valence-corrected chi connectivity index (χ4v) is 2.68. The zero-order valence-electron chi connectivity index (χ0n) is 8.95. The van der Waals surface area contributed by atoms with Gasteiger partial charge in [-0.2, -0.15) is 0 Å². The minimum atomic E-state index is 0.362. The van der Waals surface area contributed by atoms with Gasteiger partial charge in [0.25, 0.3) is 0 Å². The molecule has 3 nitrogen and oxygen atoms in total. The van der Waals surface area contributed by atoms with Crippen LogP contribution in [-0.2, 0) is 0 Å². The molecule has 3 rings (SSSR count). The second kappa shape index (κ2) is 3.89. The minimum Gasteiger partial charge on any atom is -0.441 e. The van der Waals surface area contributed by atoms with Gasteiger partial charge in [-0.1, -0.05) is 6.07 Å². The number of rotatable bonds is 1. The topological polar surface area (TPSA) is 30.4 Å². The lowest BCUT2D eigenvalue weighted by Crippen LogP contribution is -1.88. The molecule has 0 atom stereocenters. The predicted octanol–water partition coefficient (Wildman–Crippen LogP) is 4.32. The second-order valence-corrected chi connectivity index (χ2v) is 4.86. The van der Waals surface area contributed by atoms with Crippen LogP contribution in [0.25, 0.3) is 17.1 Å². The lowest BCUT2D eigenvalue weighted by molar-refractivity contribution is 0.579. The summed E-state index contributed by atoms with van der Waals surface area (Å²) in [6.07, 6.45) is 1.95. The number of halogens is 2. The van der Waals surface area contributed by atoms with Gasteiger partial charge in [0.15, 0.2) is 16.8 Å². The van der Waals surface area contributed by atoms with Gasteiger partial charge in [-0.15, -0.1) is 0 Å². The number of aromatic nitrogens is 2. The minimum absolute atomic E-state index is 0.362. The first-order chi connectivity index (χ1) is 8.16. The summed E-state index contributed by atoms with van der Waals surface area (Å²) in [4.78, 5) is 4.46. The molecule has 0 aliphatic heterocycles. The van der Waals surface area contributed by atoms with Crippen LogP contribution in [-0.4, -0.2) is 9.38 Å². The Balaban J connectivity index is 2.35. The van der Waals surface area contributed by atoms with Crippen LogP contribution in [0, 0.1) is 6.92 Å². The Bertz CT molecular complexity index is 702. The summed E-state index contributed by atoms with van der Waals surface area (Å²) in [6, 6.07) is 7.54. The number of hydrogen-bond donors (Lipinski definition) is 0. The largest absolute Gasteiger partial charge is 0.441 e. The first kappa shape index (κ1) is 10.9. The van der Waals surface area contributed by atoms with Crippen LogP contribution in [0.1, 0.15) is 5.56 Å². The first-order valence-corrected chi connectivity index (χ1v) is 6.23. The monoisotopic (exact) mass is 310 g/mol. The number of aryl methyl sites for hydroxylation is 1. The molecular formula is C12H8BrClN2O. The van der Waals surface area contributed by atoms with Crippen molar-refractivity contribution in [1.82, 2.24) is 9.38 Å². The van der Waals surface area contributed by atoms with Gasteiger partial charge >= 0.3 is 0 Å². The molecule has 0 unspecified atom stereocenters. The van der Waals surface area contributed by atoms with Crippen molar-refractivity contribution in [1.29, 1.82) is 0 Å². The summed E-state index contributed by atoms with van der Waals surface area (Å²) in [7, 11) is 0. The van der Waals surface area contributed by atoms with E-state index in [1.165, 1.54) is 0 Å². The van der Waals surface area contributed by atoms with Crippen molar-refractivity contribution in [3.05, 3.63) is 45.8 Å². The maximum absolute atomic E-state index is 5.78. The summed E-state index contributed by atoms with van der Waals surface area (Å²) >= 11 is 9.25. The van der Waals surface area contributed by atoms with Crippen molar-refractivity contribution in [2.24, 2.45) is 0 Å². The highest BCUT2D eigenvalue weighted by atomic mass is 79.9. The molecule has 0 saturated heterocycles. The van der Waals surface area contributed by atoms with Crippen molar-refractivity contribution < 1.29 is 4.42 Å². The summed E-state index contributed by atoms with van der Waals surface area (Å²) in [5.74, 6) is 1.39. The van der Waals surface area contributed by atoms with Crippen LogP contribution in [0.3, 0.4) is 0 Å². The zero-order chi connectivity index (χ0) is 12.0. The Morgan fingerprint density at radius 2 is 2.18 bits per heavy atom. The van der Waals surface area contributed by atoms with Crippen molar-refractivity contribution in [2.75, 3.05) is 0 Å². The molecule has 0 radical (unpaired) electrons. The van der Waals surface area contributed by atoms with Crippen LogP contribution in [0.15, 0.2) is 39.5 Å². The first-order valence-electron chi connectivity index (χ1n) is 5.05. The second-order valence-electron chi connectivity index (χ2n) is 3.74. The smallest absolute Gasteiger partial charge is 0.194 e. The van der Waals surface area contributed by atoms with E-state index in [0.29, 0.717) is 11.0 Å². The normalized spacial score (nSPS) is 11.2. The maximum atomic E-state index is 5.78. The Labute approximate surface area is 111 Å². The number of nitrogens with zero attached hydrogens (tertiary/aromatic N) is 2. The molecular weight excluding hydrogens is 304 g/mol. The summed E-state index contributed by atoms with van der Waals surface area (Å²) in [5.41, 5.74) is 2.19. The van der Waals surface area contributed by atoms with E-state index in [1.54, 1.807) is 6.07 Å². The van der Waals surface area contributed by atoms with Crippen LogP contribution in [0.4, 0.5) is 0 Å². The van der Waals surface area contributed by atoms with Crippen LogP contribution >= 0.6 is 27.5 Å². The molecule has 3 aromatic heterocycles. The molecule has 86 valence electrons. The summed E-state index contributed by atoms with van der Waals surface area (Å²) in [5, 5.41) is 0.362. The number of fused-ring (bicyclic) bond motifs is 1. The van der Waals surface area contributed by atoms with Crippen molar-refractivity contribution >= 4 is 33.0 Å². The summed E-state index contributed by atoms with van der Waals surface area (Å²) in [6.45, 7) is 2.04. The molecule has 0 fully saturated rings. The zero-order valence-corrected chi connectivity index (χ0v) is 11.3. The van der Waals surface area contributed by atoms with Gasteiger partial charge in [0.1, 0.15) is 4.60 Å². The fourth-order valence-electron chi connectivity index (χ4n) is 1.86. The van der Waals surface area contributed by atoms with Gasteiger partial charge < -0.3 is 4.42 Å². The average Bonchev–Trinajstić information content (AvgIpc) is 2.84. The van der Waals surface area contributed by atoms with E-state index in [1.807, 2.05) is 35.7 Å². The standard InChI is InChI=1S/C12H8BrClN2O/c1-7-3-2-6-16-10(7)11(13)15-12(16)8-4-5-9(14)17-8/h2-6H,1H3. The van der Waals surface area contributed by atoms with Crippen LogP contribution < -0.4 is 0 Å². The number of pyridine rings is 1. The molecule has 0 spiro atoms. The van der Waals surface area contributed by atoms with Crippen LogP contribution in [0.5, 0.6) is 0 Å². The summed E-state index contributed by atoms with van der Waals surface area (Å²) < 4.78 is 8.18. The Morgan fingerprint density at radius 3 is 2.88 bits per heavy atom. The molecule has 0 amide bonds. The van der Waals surface area contributed by atoms with E-state index in [0.717, 1.165) is 21.5 Å². The predicted molar refractivity (Wildman–Crippen MR) is 70.3 cm³/mol. The molecule has 3 aromatic rings. The SMILES string of the molecule is Cc1cccn2c(-c3ccc(Cl)o3)nc(Br)c12. The lowest BCUT2D eigenvalue weighted by atomic mass is 10.2. The Kier molecular flexibility index (Phi) is 2.49.